The molecule has 1 heterocycles. The Labute approximate surface area is 134 Å². The number of rotatable bonds is 5. The lowest BCUT2D eigenvalue weighted by molar-refractivity contribution is -0.136. The highest BCUT2D eigenvalue weighted by Crippen LogP contribution is 2.39. The van der Waals surface area contributed by atoms with Gasteiger partial charge in [0.25, 0.3) is 0 Å². The third kappa shape index (κ3) is 3.23. The van der Waals surface area contributed by atoms with Gasteiger partial charge in [0.2, 0.25) is 0 Å². The fourth-order valence-electron chi connectivity index (χ4n) is 2.53. The van der Waals surface area contributed by atoms with Gasteiger partial charge < -0.3 is 24.8 Å². The van der Waals surface area contributed by atoms with Crippen molar-refractivity contribution in [2.75, 3.05) is 20.8 Å². The minimum Gasteiger partial charge on any atom is -0.493 e. The summed E-state index contributed by atoms with van der Waals surface area (Å²) in [4.78, 5) is 24.0. The lowest BCUT2D eigenvalue weighted by Gasteiger charge is -2.29. The summed E-state index contributed by atoms with van der Waals surface area (Å²) < 4.78 is 15.8. The number of esters is 1. The molecule has 23 heavy (non-hydrogen) atoms. The van der Waals surface area contributed by atoms with Crippen LogP contribution < -0.4 is 20.1 Å². The topological polar surface area (TPSA) is 85.9 Å². The molecule has 0 spiro atoms. The van der Waals surface area contributed by atoms with E-state index in [0.717, 1.165) is 0 Å². The molecule has 0 radical (unpaired) electrons. The zero-order valence-electron chi connectivity index (χ0n) is 13.6. The molecule has 0 bridgehead atoms. The summed E-state index contributed by atoms with van der Waals surface area (Å²) in [6.07, 6.45) is 0. The van der Waals surface area contributed by atoms with Crippen LogP contribution in [0.5, 0.6) is 11.5 Å². The second kappa shape index (κ2) is 7.04. The van der Waals surface area contributed by atoms with Gasteiger partial charge in [0.05, 0.1) is 32.4 Å². The molecule has 1 atom stereocenters. The summed E-state index contributed by atoms with van der Waals surface area (Å²) in [5.41, 5.74) is 1.39. The normalized spacial score (nSPS) is 17.2. The first-order valence-corrected chi connectivity index (χ1v) is 7.19. The van der Waals surface area contributed by atoms with Gasteiger partial charge in [0.15, 0.2) is 11.5 Å². The summed E-state index contributed by atoms with van der Waals surface area (Å²) in [6.45, 7) is 3.92. The van der Waals surface area contributed by atoms with Crippen molar-refractivity contribution < 1.29 is 23.8 Å². The molecule has 0 fully saturated rings. The average molecular weight is 320 g/mol. The Morgan fingerprint density at radius 3 is 2.65 bits per heavy atom. The fraction of sp³-hybridized carbons (Fsp3) is 0.375. The van der Waals surface area contributed by atoms with Gasteiger partial charge in [-0.05, 0) is 19.9 Å². The van der Waals surface area contributed by atoms with Crippen molar-refractivity contribution in [1.82, 2.24) is 10.6 Å². The first kappa shape index (κ1) is 16.7. The SMILES string of the molecule is CCOc1c(OC)cccc1[C@H]1NC(=O)NC(C)=C1C(=O)OC. The quantitative estimate of drug-likeness (QED) is 0.809. The number of carbonyl (C=O) groups excluding carboxylic acids is 2. The lowest BCUT2D eigenvalue weighted by Crippen LogP contribution is -2.45. The standard InChI is InChI=1S/C16H20N2O5/c1-5-23-14-10(7-6-8-11(14)21-3)13-12(15(19)22-4)9(2)17-16(20)18-13/h6-8,13H,5H2,1-4H3,(H2,17,18,20)/t13-/m1/s1. The van der Waals surface area contributed by atoms with Gasteiger partial charge in [0.1, 0.15) is 0 Å². The Kier molecular flexibility index (Phi) is 5.10. The Morgan fingerprint density at radius 2 is 2.04 bits per heavy atom. The number of methoxy groups -OCH3 is 2. The Bertz CT molecular complexity index is 654. The number of amides is 2. The number of urea groups is 1. The predicted molar refractivity (Wildman–Crippen MR) is 83.3 cm³/mol. The summed E-state index contributed by atoms with van der Waals surface area (Å²) in [5, 5.41) is 5.32. The maximum Gasteiger partial charge on any atom is 0.337 e. The van der Waals surface area contributed by atoms with E-state index >= 15 is 0 Å². The van der Waals surface area contributed by atoms with Crippen LogP contribution in [0, 0.1) is 0 Å². The highest BCUT2D eigenvalue weighted by atomic mass is 16.5. The van der Waals surface area contributed by atoms with Crippen molar-refractivity contribution in [3.05, 3.63) is 35.0 Å². The molecule has 0 saturated carbocycles. The zero-order valence-corrected chi connectivity index (χ0v) is 13.6. The van der Waals surface area contributed by atoms with Crippen molar-refractivity contribution in [3.8, 4) is 11.5 Å². The molecule has 2 rings (SSSR count). The Balaban J connectivity index is 2.60. The van der Waals surface area contributed by atoms with E-state index in [1.54, 1.807) is 25.1 Å². The monoisotopic (exact) mass is 320 g/mol. The first-order valence-electron chi connectivity index (χ1n) is 7.19. The molecule has 1 aromatic carbocycles. The fourth-order valence-corrected chi connectivity index (χ4v) is 2.53. The molecule has 0 saturated heterocycles. The maximum absolute atomic E-state index is 12.1. The molecule has 2 amide bonds. The summed E-state index contributed by atoms with van der Waals surface area (Å²) in [6, 6.07) is 4.22. The third-order valence-electron chi connectivity index (χ3n) is 3.50. The Morgan fingerprint density at radius 1 is 1.30 bits per heavy atom. The van der Waals surface area contributed by atoms with Crippen LogP contribution >= 0.6 is 0 Å². The third-order valence-corrected chi connectivity index (χ3v) is 3.50. The number of hydrogen-bond acceptors (Lipinski definition) is 5. The van der Waals surface area contributed by atoms with Crippen LogP contribution in [0.1, 0.15) is 25.5 Å². The summed E-state index contributed by atoms with van der Waals surface area (Å²) in [7, 11) is 2.83. The Hall–Kier alpha value is -2.70. The molecule has 0 aliphatic carbocycles. The van der Waals surface area contributed by atoms with Crippen molar-refractivity contribution >= 4 is 12.0 Å². The largest absolute Gasteiger partial charge is 0.493 e. The minimum atomic E-state index is -0.687. The van der Waals surface area contributed by atoms with Crippen LogP contribution in [-0.2, 0) is 9.53 Å². The molecule has 7 heteroatoms. The predicted octanol–water partition coefficient (Wildman–Crippen LogP) is 1.89. The second-order valence-corrected chi connectivity index (χ2v) is 4.87. The van der Waals surface area contributed by atoms with Crippen LogP contribution in [0.25, 0.3) is 0 Å². The molecule has 1 aliphatic heterocycles. The number of hydrogen-bond donors (Lipinski definition) is 2. The van der Waals surface area contributed by atoms with Gasteiger partial charge in [-0.25, -0.2) is 9.59 Å². The van der Waals surface area contributed by atoms with Gasteiger partial charge >= 0.3 is 12.0 Å². The van der Waals surface area contributed by atoms with Crippen molar-refractivity contribution in [3.63, 3.8) is 0 Å². The number of nitrogens with one attached hydrogen (secondary N) is 2. The van der Waals surface area contributed by atoms with Crippen LogP contribution in [0.3, 0.4) is 0 Å². The van der Waals surface area contributed by atoms with E-state index < -0.39 is 18.0 Å². The van der Waals surface area contributed by atoms with Crippen LogP contribution in [-0.4, -0.2) is 32.8 Å². The van der Waals surface area contributed by atoms with E-state index in [2.05, 4.69) is 10.6 Å². The van der Waals surface area contributed by atoms with E-state index in [0.29, 0.717) is 34.9 Å². The van der Waals surface area contributed by atoms with Crippen molar-refractivity contribution in [2.45, 2.75) is 19.9 Å². The molecule has 124 valence electrons. The molecule has 0 aromatic heterocycles. The van der Waals surface area contributed by atoms with E-state index in [1.807, 2.05) is 6.92 Å². The molecule has 7 nitrogen and oxygen atoms in total. The van der Waals surface area contributed by atoms with E-state index in [-0.39, 0.29) is 0 Å². The summed E-state index contributed by atoms with van der Waals surface area (Å²) >= 11 is 0. The maximum atomic E-state index is 12.1. The van der Waals surface area contributed by atoms with Crippen molar-refractivity contribution in [2.24, 2.45) is 0 Å². The number of benzene rings is 1. The lowest BCUT2D eigenvalue weighted by atomic mass is 9.94. The number of ether oxygens (including phenoxy) is 3. The average Bonchev–Trinajstić information content (AvgIpc) is 2.54. The van der Waals surface area contributed by atoms with Gasteiger partial charge in [-0.1, -0.05) is 12.1 Å². The molecule has 2 N–H and O–H groups in total. The number of carbonyl (C=O) groups is 2. The smallest absolute Gasteiger partial charge is 0.337 e. The first-order chi connectivity index (χ1) is 11.0. The molecular weight excluding hydrogens is 300 g/mol. The molecule has 1 aliphatic rings. The summed E-state index contributed by atoms with van der Waals surface area (Å²) in [5.74, 6) is 0.489. The molecule has 1 aromatic rings. The second-order valence-electron chi connectivity index (χ2n) is 4.87. The minimum absolute atomic E-state index is 0.321. The van der Waals surface area contributed by atoms with E-state index in [4.69, 9.17) is 14.2 Å². The van der Waals surface area contributed by atoms with E-state index in [9.17, 15) is 9.59 Å². The van der Waals surface area contributed by atoms with E-state index in [1.165, 1.54) is 14.2 Å². The molecule has 0 unspecified atom stereocenters. The van der Waals surface area contributed by atoms with Gasteiger partial charge in [-0.2, -0.15) is 0 Å². The highest BCUT2D eigenvalue weighted by Gasteiger charge is 2.34. The van der Waals surface area contributed by atoms with Crippen LogP contribution in [0.2, 0.25) is 0 Å². The molecular formula is C16H20N2O5. The zero-order chi connectivity index (χ0) is 17.0. The van der Waals surface area contributed by atoms with Gasteiger partial charge in [0, 0.05) is 11.3 Å². The number of allylic oxidation sites excluding steroid dienone is 1. The van der Waals surface area contributed by atoms with Crippen molar-refractivity contribution in [1.29, 1.82) is 0 Å². The number of para-hydroxylation sites is 1. The highest BCUT2D eigenvalue weighted by molar-refractivity contribution is 5.95. The van der Waals surface area contributed by atoms with Crippen LogP contribution in [0.4, 0.5) is 4.79 Å². The van der Waals surface area contributed by atoms with Gasteiger partial charge in [-0.15, -0.1) is 0 Å². The van der Waals surface area contributed by atoms with Gasteiger partial charge in [-0.3, -0.25) is 0 Å². The van der Waals surface area contributed by atoms with Crippen LogP contribution in [0.15, 0.2) is 29.5 Å².